The van der Waals surface area contributed by atoms with Crippen molar-refractivity contribution < 1.29 is 18.4 Å². The van der Waals surface area contributed by atoms with Crippen molar-refractivity contribution in [2.45, 2.75) is 6.42 Å². The normalized spacial score (nSPS) is 18.7. The van der Waals surface area contributed by atoms with Crippen LogP contribution in [0, 0.1) is 17.6 Å². The van der Waals surface area contributed by atoms with Gasteiger partial charge < -0.3 is 10.2 Å². The minimum atomic E-state index is -0.764. The van der Waals surface area contributed by atoms with Gasteiger partial charge in [0.1, 0.15) is 17.1 Å². The number of hydrogen-bond acceptors (Lipinski definition) is 6. The molecule has 6 nitrogen and oxygen atoms in total. The van der Waals surface area contributed by atoms with Crippen molar-refractivity contribution in [3.05, 3.63) is 23.8 Å². The van der Waals surface area contributed by atoms with Crippen LogP contribution in [0.4, 0.5) is 13.9 Å². The van der Waals surface area contributed by atoms with E-state index < -0.39 is 17.6 Å². The van der Waals surface area contributed by atoms with Gasteiger partial charge in [0.2, 0.25) is 5.91 Å². The second-order valence-corrected chi connectivity index (χ2v) is 7.75. The molecule has 0 saturated carbocycles. The number of aromatic nitrogens is 1. The van der Waals surface area contributed by atoms with Gasteiger partial charge in [0.25, 0.3) is 0 Å². The second kappa shape index (κ2) is 7.73. The number of anilines is 1. The fraction of sp³-hybridized carbons (Fsp3) is 0.471. The molecule has 0 spiro atoms. The van der Waals surface area contributed by atoms with Gasteiger partial charge in [-0.3, -0.25) is 14.5 Å². The van der Waals surface area contributed by atoms with Gasteiger partial charge in [-0.2, -0.15) is 0 Å². The number of fused-ring (bicyclic) bond motifs is 1. The highest BCUT2D eigenvalue weighted by Gasteiger charge is 2.30. The van der Waals surface area contributed by atoms with Gasteiger partial charge >= 0.3 is 0 Å². The van der Waals surface area contributed by atoms with Crippen LogP contribution in [0.5, 0.6) is 0 Å². The molecule has 2 aromatic rings. The number of amides is 1. The summed E-state index contributed by atoms with van der Waals surface area (Å²) in [5.74, 6) is -2.24. The Morgan fingerprint density at radius 1 is 1.42 bits per heavy atom. The monoisotopic (exact) mass is 382 g/mol. The summed E-state index contributed by atoms with van der Waals surface area (Å²) in [6.07, 6.45) is 0.179. The van der Waals surface area contributed by atoms with Crippen molar-refractivity contribution in [3.63, 3.8) is 0 Å². The SMILES string of the molecule is CN(C)CCN1CC(=O)CC(C(=O)Nc2nc3c(F)cc(F)cc3s2)C1. The van der Waals surface area contributed by atoms with Crippen LogP contribution in [0.25, 0.3) is 10.2 Å². The molecular formula is C17H20F2N4O2S. The Morgan fingerprint density at radius 2 is 2.19 bits per heavy atom. The summed E-state index contributed by atoms with van der Waals surface area (Å²) in [6, 6.07) is 1.94. The summed E-state index contributed by atoms with van der Waals surface area (Å²) in [4.78, 5) is 32.5. The minimum Gasteiger partial charge on any atom is -0.308 e. The number of benzene rings is 1. The standard InChI is InChI=1S/C17H20F2N4O2S/c1-22(2)3-4-23-8-10(5-12(24)9-23)16(25)21-17-20-15-13(19)6-11(18)7-14(15)26-17/h6-7,10H,3-5,8-9H2,1-2H3,(H,20,21,25). The van der Waals surface area contributed by atoms with Crippen LogP contribution in [0.1, 0.15) is 6.42 Å². The van der Waals surface area contributed by atoms with Gasteiger partial charge in [0.15, 0.2) is 10.9 Å². The topological polar surface area (TPSA) is 65.5 Å². The average Bonchev–Trinajstić information content (AvgIpc) is 2.95. The number of ketones is 1. The smallest absolute Gasteiger partial charge is 0.231 e. The van der Waals surface area contributed by atoms with Gasteiger partial charge in [-0.25, -0.2) is 13.8 Å². The maximum atomic E-state index is 13.7. The molecule has 0 bridgehead atoms. The Kier molecular flexibility index (Phi) is 5.59. The van der Waals surface area contributed by atoms with Crippen LogP contribution in [-0.2, 0) is 9.59 Å². The third-order valence-corrected chi connectivity index (χ3v) is 5.15. The van der Waals surface area contributed by atoms with Gasteiger partial charge in [0, 0.05) is 32.1 Å². The highest BCUT2D eigenvalue weighted by Crippen LogP contribution is 2.29. The molecule has 1 aromatic heterocycles. The van der Waals surface area contributed by atoms with E-state index in [-0.39, 0.29) is 28.8 Å². The summed E-state index contributed by atoms with van der Waals surface area (Å²) in [5, 5.41) is 2.85. The summed E-state index contributed by atoms with van der Waals surface area (Å²) < 4.78 is 27.3. The molecule has 1 unspecified atom stereocenters. The number of rotatable bonds is 5. The number of carbonyl (C=O) groups excluding carboxylic acids is 2. The number of carbonyl (C=O) groups is 2. The molecule has 1 aromatic carbocycles. The molecule has 1 N–H and O–H groups in total. The van der Waals surface area contributed by atoms with Gasteiger partial charge in [0.05, 0.1) is 17.2 Å². The van der Waals surface area contributed by atoms with E-state index in [9.17, 15) is 18.4 Å². The highest BCUT2D eigenvalue weighted by atomic mass is 32.1. The lowest BCUT2D eigenvalue weighted by Gasteiger charge is -2.31. The van der Waals surface area contributed by atoms with E-state index in [0.29, 0.717) is 24.3 Å². The molecule has 1 fully saturated rings. The molecule has 1 aliphatic heterocycles. The molecule has 0 aliphatic carbocycles. The van der Waals surface area contributed by atoms with Crippen LogP contribution < -0.4 is 5.32 Å². The number of nitrogens with one attached hydrogen (secondary N) is 1. The van der Waals surface area contributed by atoms with Crippen LogP contribution in [0.3, 0.4) is 0 Å². The Balaban J connectivity index is 1.69. The van der Waals surface area contributed by atoms with E-state index in [1.807, 2.05) is 23.9 Å². The third-order valence-electron chi connectivity index (χ3n) is 4.23. The Morgan fingerprint density at radius 3 is 2.92 bits per heavy atom. The first kappa shape index (κ1) is 18.8. The van der Waals surface area contributed by atoms with Gasteiger partial charge in [-0.1, -0.05) is 11.3 Å². The number of hydrogen-bond donors (Lipinski definition) is 1. The zero-order chi connectivity index (χ0) is 18.8. The number of thiazole rings is 1. The predicted octanol–water partition coefficient (Wildman–Crippen LogP) is 1.97. The van der Waals surface area contributed by atoms with Crippen LogP contribution >= 0.6 is 11.3 Å². The fourth-order valence-corrected chi connectivity index (χ4v) is 3.84. The van der Waals surface area contributed by atoms with Crippen LogP contribution in [-0.4, -0.2) is 66.7 Å². The highest BCUT2D eigenvalue weighted by molar-refractivity contribution is 7.22. The van der Waals surface area contributed by atoms with E-state index in [2.05, 4.69) is 10.3 Å². The van der Waals surface area contributed by atoms with E-state index in [0.717, 1.165) is 23.9 Å². The van der Waals surface area contributed by atoms with E-state index in [4.69, 9.17) is 0 Å². The average molecular weight is 382 g/mol. The van der Waals surface area contributed by atoms with Crippen molar-refractivity contribution in [2.24, 2.45) is 5.92 Å². The quantitative estimate of drug-likeness (QED) is 0.857. The number of piperidine rings is 1. The number of nitrogens with zero attached hydrogens (tertiary/aromatic N) is 3. The van der Waals surface area contributed by atoms with E-state index >= 15 is 0 Å². The van der Waals surface area contributed by atoms with E-state index in [1.54, 1.807) is 0 Å². The molecule has 1 amide bonds. The zero-order valence-electron chi connectivity index (χ0n) is 14.6. The molecule has 2 heterocycles. The Labute approximate surface area is 153 Å². The summed E-state index contributed by atoms with van der Waals surface area (Å²) in [7, 11) is 3.90. The summed E-state index contributed by atoms with van der Waals surface area (Å²) >= 11 is 1.01. The zero-order valence-corrected chi connectivity index (χ0v) is 15.4. The van der Waals surface area contributed by atoms with Crippen LogP contribution in [0.15, 0.2) is 12.1 Å². The summed E-state index contributed by atoms with van der Waals surface area (Å²) in [6.45, 7) is 2.33. The maximum Gasteiger partial charge on any atom is 0.231 e. The Hall–Kier alpha value is -1.97. The second-order valence-electron chi connectivity index (χ2n) is 6.72. The molecule has 1 aliphatic rings. The first-order valence-corrected chi connectivity index (χ1v) is 9.08. The van der Waals surface area contributed by atoms with Crippen molar-refractivity contribution in [1.29, 1.82) is 0 Å². The van der Waals surface area contributed by atoms with E-state index in [1.165, 1.54) is 6.07 Å². The minimum absolute atomic E-state index is 0.0209. The molecule has 9 heteroatoms. The predicted molar refractivity (Wildman–Crippen MR) is 96.3 cm³/mol. The Bertz CT molecular complexity index is 840. The molecule has 1 atom stereocenters. The molecule has 1 saturated heterocycles. The number of halogens is 2. The number of likely N-dealkylation sites (N-methyl/N-ethyl adjacent to an activating group) is 1. The van der Waals surface area contributed by atoms with Crippen LogP contribution in [0.2, 0.25) is 0 Å². The van der Waals surface area contributed by atoms with Gasteiger partial charge in [-0.05, 0) is 20.2 Å². The molecule has 3 rings (SSSR count). The van der Waals surface area contributed by atoms with Crippen molar-refractivity contribution in [3.8, 4) is 0 Å². The molecular weight excluding hydrogens is 362 g/mol. The van der Waals surface area contributed by atoms with Gasteiger partial charge in [-0.15, -0.1) is 0 Å². The first-order valence-electron chi connectivity index (χ1n) is 8.27. The molecule has 140 valence electrons. The molecule has 26 heavy (non-hydrogen) atoms. The third kappa shape index (κ3) is 4.40. The maximum absolute atomic E-state index is 13.7. The van der Waals surface area contributed by atoms with Crippen molar-refractivity contribution in [2.75, 3.05) is 45.6 Å². The lowest BCUT2D eigenvalue weighted by atomic mass is 9.96. The lowest BCUT2D eigenvalue weighted by Crippen LogP contribution is -2.46. The largest absolute Gasteiger partial charge is 0.308 e. The number of Topliss-reactive ketones (excluding diaryl/α,β-unsaturated/α-hetero) is 1. The molecule has 0 radical (unpaired) electrons. The summed E-state index contributed by atoms with van der Waals surface area (Å²) in [5.41, 5.74) is 0.0269. The van der Waals surface area contributed by atoms with Crippen molar-refractivity contribution >= 4 is 38.4 Å². The fourth-order valence-electron chi connectivity index (χ4n) is 2.94. The number of likely N-dealkylation sites (tertiary alicyclic amines) is 1. The van der Waals surface area contributed by atoms with Crippen molar-refractivity contribution in [1.82, 2.24) is 14.8 Å². The first-order chi connectivity index (χ1) is 12.3. The lowest BCUT2D eigenvalue weighted by molar-refractivity contribution is -0.131.